The molecule has 2 aromatic rings. The van der Waals surface area contributed by atoms with Crippen molar-refractivity contribution in [2.45, 2.75) is 38.1 Å². The molecular weight excluding hydrogens is 383 g/mol. The van der Waals surface area contributed by atoms with E-state index in [2.05, 4.69) is 0 Å². The van der Waals surface area contributed by atoms with Gasteiger partial charge in [-0.2, -0.15) is 0 Å². The molecule has 0 radical (unpaired) electrons. The van der Waals surface area contributed by atoms with Crippen molar-refractivity contribution in [1.82, 2.24) is 0 Å². The molecule has 2 heterocycles. The van der Waals surface area contributed by atoms with Gasteiger partial charge in [0.05, 0.1) is 32.3 Å². The zero-order chi connectivity index (χ0) is 21.1. The second kappa shape index (κ2) is 8.96. The summed E-state index contributed by atoms with van der Waals surface area (Å²) in [6, 6.07) is 13.6. The van der Waals surface area contributed by atoms with Crippen LogP contribution in [0.2, 0.25) is 0 Å². The van der Waals surface area contributed by atoms with Gasteiger partial charge in [-0.3, -0.25) is 9.59 Å². The fourth-order valence-electron chi connectivity index (χ4n) is 4.70. The molecule has 2 aromatic carbocycles. The number of piperidine rings is 1. The summed E-state index contributed by atoms with van der Waals surface area (Å²) in [7, 11) is 1.59. The van der Waals surface area contributed by atoms with Crippen LogP contribution in [0.1, 0.15) is 31.2 Å². The van der Waals surface area contributed by atoms with E-state index in [1.54, 1.807) is 43.5 Å². The maximum atomic E-state index is 13.3. The number of rotatable bonds is 6. The molecule has 2 saturated heterocycles. The van der Waals surface area contributed by atoms with E-state index >= 15 is 0 Å². The highest BCUT2D eigenvalue weighted by molar-refractivity contribution is 6.21. The number of carbonyl (C=O) groups excluding carboxylic acids is 2. The minimum atomic E-state index is -0.288. The minimum Gasteiger partial charge on any atom is -0.497 e. The highest BCUT2D eigenvalue weighted by Gasteiger charge is 2.46. The Labute approximate surface area is 176 Å². The number of benzene rings is 2. The highest BCUT2D eigenvalue weighted by atomic mass is 19.1. The Morgan fingerprint density at radius 1 is 1.10 bits per heavy atom. The second-order valence-corrected chi connectivity index (χ2v) is 8.29. The lowest BCUT2D eigenvalue weighted by Gasteiger charge is -2.32. The van der Waals surface area contributed by atoms with E-state index in [9.17, 15) is 14.0 Å². The molecule has 158 valence electrons. The number of methoxy groups -OCH3 is 1. The first kappa shape index (κ1) is 20.5. The van der Waals surface area contributed by atoms with Gasteiger partial charge in [0.25, 0.3) is 5.91 Å². The number of nitrogens with one attached hydrogen (secondary N) is 1. The number of carbonyl (C=O) groups is 2. The highest BCUT2D eigenvalue weighted by Crippen LogP contribution is 2.25. The van der Waals surface area contributed by atoms with Crippen LogP contribution < -0.4 is 14.5 Å². The van der Waals surface area contributed by atoms with Gasteiger partial charge in [0.2, 0.25) is 5.91 Å². The molecule has 2 amide bonds. The number of quaternary nitrogens is 1. The van der Waals surface area contributed by atoms with E-state index in [0.29, 0.717) is 17.4 Å². The number of hydrogen-bond donors (Lipinski definition) is 1. The third-order valence-electron chi connectivity index (χ3n) is 6.45. The van der Waals surface area contributed by atoms with Gasteiger partial charge in [-0.15, -0.1) is 0 Å². The van der Waals surface area contributed by atoms with Crippen LogP contribution >= 0.6 is 0 Å². The van der Waals surface area contributed by atoms with Gasteiger partial charge in [-0.1, -0.05) is 12.1 Å². The van der Waals surface area contributed by atoms with Crippen molar-refractivity contribution in [3.05, 3.63) is 59.9 Å². The smallest absolute Gasteiger partial charge is 0.292 e. The first-order valence-electron chi connectivity index (χ1n) is 10.6. The number of nitrogens with zero attached hydrogens (tertiary/aromatic N) is 1. The third-order valence-corrected chi connectivity index (χ3v) is 6.45. The number of halogens is 1. The van der Waals surface area contributed by atoms with Crippen LogP contribution in [0.5, 0.6) is 5.75 Å². The van der Waals surface area contributed by atoms with E-state index in [-0.39, 0.29) is 30.1 Å². The van der Waals surface area contributed by atoms with Crippen molar-refractivity contribution in [3.8, 4) is 5.75 Å². The molecule has 5 nitrogen and oxygen atoms in total. The molecule has 1 atom stereocenters. The molecule has 1 N–H and O–H groups in total. The minimum absolute atomic E-state index is 0.0987. The van der Waals surface area contributed by atoms with Crippen molar-refractivity contribution >= 4 is 17.5 Å². The molecule has 0 saturated carbocycles. The molecule has 0 aliphatic carbocycles. The Bertz CT molecular complexity index is 907. The lowest BCUT2D eigenvalue weighted by Crippen LogP contribution is -3.17. The number of hydrogen-bond acceptors (Lipinski definition) is 3. The van der Waals surface area contributed by atoms with Gasteiger partial charge in [-0.05, 0) is 73.6 Å². The van der Waals surface area contributed by atoms with Crippen LogP contribution in [0, 0.1) is 11.7 Å². The standard InChI is InChI=1S/C24H27FN2O3/c1-30-21-9-7-20(8-10-21)27-23(28)16-22(24(27)29)26-13-11-17(12-14-26)5-6-18-3-2-4-19(25)15-18/h2-4,7-10,15,17,22H,5-6,11-14,16H2,1H3/p+1/t22-/m0/s1. The molecule has 2 aliphatic rings. The average Bonchev–Trinajstić information content (AvgIpc) is 3.07. The fourth-order valence-corrected chi connectivity index (χ4v) is 4.70. The van der Waals surface area contributed by atoms with Gasteiger partial charge in [0.1, 0.15) is 11.6 Å². The van der Waals surface area contributed by atoms with Crippen molar-refractivity contribution in [1.29, 1.82) is 0 Å². The fraction of sp³-hybridized carbons (Fsp3) is 0.417. The van der Waals surface area contributed by atoms with E-state index in [0.717, 1.165) is 44.3 Å². The molecule has 0 bridgehead atoms. The van der Waals surface area contributed by atoms with E-state index < -0.39 is 0 Å². The van der Waals surface area contributed by atoms with Crippen molar-refractivity contribution in [2.75, 3.05) is 25.1 Å². The Morgan fingerprint density at radius 2 is 1.83 bits per heavy atom. The largest absolute Gasteiger partial charge is 0.497 e. The molecular formula is C24H28FN2O3+. The maximum Gasteiger partial charge on any atom is 0.292 e. The Hall–Kier alpha value is -2.73. The van der Waals surface area contributed by atoms with Crippen molar-refractivity contribution in [2.24, 2.45) is 5.92 Å². The zero-order valence-electron chi connectivity index (χ0n) is 17.3. The Morgan fingerprint density at radius 3 is 2.50 bits per heavy atom. The number of likely N-dealkylation sites (tertiary alicyclic amines) is 1. The summed E-state index contributed by atoms with van der Waals surface area (Å²) in [6.07, 6.45) is 4.25. The summed E-state index contributed by atoms with van der Waals surface area (Å²) in [5, 5.41) is 0. The lowest BCUT2D eigenvalue weighted by molar-refractivity contribution is -0.920. The summed E-state index contributed by atoms with van der Waals surface area (Å²) >= 11 is 0. The van der Waals surface area contributed by atoms with Gasteiger partial charge in [0.15, 0.2) is 6.04 Å². The van der Waals surface area contributed by atoms with Crippen LogP contribution in [0.25, 0.3) is 0 Å². The topological polar surface area (TPSA) is 51.0 Å². The molecule has 0 spiro atoms. The molecule has 4 rings (SSSR count). The number of aryl methyl sites for hydroxylation is 1. The molecule has 2 fully saturated rings. The first-order valence-corrected chi connectivity index (χ1v) is 10.6. The summed E-state index contributed by atoms with van der Waals surface area (Å²) < 4.78 is 18.5. The molecule has 0 aromatic heterocycles. The predicted octanol–water partition coefficient (Wildman–Crippen LogP) is 2.39. The number of anilines is 1. The first-order chi connectivity index (χ1) is 14.5. The average molecular weight is 411 g/mol. The maximum absolute atomic E-state index is 13.3. The number of ether oxygens (including phenoxy) is 1. The summed E-state index contributed by atoms with van der Waals surface area (Å²) in [6.45, 7) is 1.79. The van der Waals surface area contributed by atoms with Crippen LogP contribution in [0.15, 0.2) is 48.5 Å². The zero-order valence-corrected chi connectivity index (χ0v) is 17.3. The Balaban J connectivity index is 1.32. The quantitative estimate of drug-likeness (QED) is 0.743. The number of imide groups is 1. The van der Waals surface area contributed by atoms with Crippen LogP contribution in [0.3, 0.4) is 0 Å². The molecule has 2 aliphatic heterocycles. The number of amides is 2. The van der Waals surface area contributed by atoms with Crippen LogP contribution in [-0.2, 0) is 16.0 Å². The van der Waals surface area contributed by atoms with Gasteiger partial charge in [0, 0.05) is 0 Å². The Kier molecular flexibility index (Phi) is 6.13. The summed E-state index contributed by atoms with van der Waals surface area (Å²) in [5.74, 6) is 0.870. The SMILES string of the molecule is COc1ccc(N2C(=O)C[C@H]([NH+]3CCC(CCc4cccc(F)c4)CC3)C2=O)cc1. The monoisotopic (exact) mass is 411 g/mol. The summed E-state index contributed by atoms with van der Waals surface area (Å²) in [4.78, 5) is 28.1. The van der Waals surface area contributed by atoms with Crippen LogP contribution in [-0.4, -0.2) is 38.1 Å². The van der Waals surface area contributed by atoms with Gasteiger partial charge in [-0.25, -0.2) is 9.29 Å². The van der Waals surface area contributed by atoms with Crippen molar-refractivity contribution < 1.29 is 23.6 Å². The van der Waals surface area contributed by atoms with Crippen molar-refractivity contribution in [3.63, 3.8) is 0 Å². The van der Waals surface area contributed by atoms with Crippen LogP contribution in [0.4, 0.5) is 10.1 Å². The van der Waals surface area contributed by atoms with E-state index in [4.69, 9.17) is 4.74 Å². The summed E-state index contributed by atoms with van der Waals surface area (Å²) in [5.41, 5.74) is 1.65. The van der Waals surface area contributed by atoms with E-state index in [1.807, 2.05) is 6.07 Å². The van der Waals surface area contributed by atoms with Gasteiger partial charge < -0.3 is 9.64 Å². The second-order valence-electron chi connectivity index (χ2n) is 8.29. The molecule has 6 heteroatoms. The molecule has 0 unspecified atom stereocenters. The lowest BCUT2D eigenvalue weighted by atomic mass is 9.90. The predicted molar refractivity (Wildman–Crippen MR) is 112 cm³/mol. The molecule has 30 heavy (non-hydrogen) atoms. The normalized spacial score (nSPS) is 24.3. The van der Waals surface area contributed by atoms with Gasteiger partial charge >= 0.3 is 0 Å². The van der Waals surface area contributed by atoms with E-state index in [1.165, 1.54) is 15.9 Å². The third kappa shape index (κ3) is 4.38.